The molecule has 0 radical (unpaired) electrons. The zero-order chi connectivity index (χ0) is 17.4. The Morgan fingerprint density at radius 2 is 1.76 bits per heavy atom. The van der Waals surface area contributed by atoms with Crippen LogP contribution in [0.15, 0.2) is 59.1 Å². The van der Waals surface area contributed by atoms with Gasteiger partial charge in [-0.15, -0.1) is 0 Å². The van der Waals surface area contributed by atoms with Gasteiger partial charge in [-0.25, -0.2) is 0 Å². The quantitative estimate of drug-likeness (QED) is 0.594. The van der Waals surface area contributed by atoms with E-state index in [1.54, 1.807) is 12.1 Å². The van der Waals surface area contributed by atoms with E-state index in [1.807, 2.05) is 18.2 Å². The summed E-state index contributed by atoms with van der Waals surface area (Å²) in [6, 6.07) is 17.7. The highest BCUT2D eigenvalue weighted by Gasteiger charge is 2.16. The van der Waals surface area contributed by atoms with E-state index in [0.29, 0.717) is 10.7 Å². The summed E-state index contributed by atoms with van der Waals surface area (Å²) < 4.78 is 0.853. The van der Waals surface area contributed by atoms with Gasteiger partial charge in [-0.05, 0) is 65.8 Å². The van der Waals surface area contributed by atoms with Crippen LogP contribution in [0.3, 0.4) is 0 Å². The van der Waals surface area contributed by atoms with Crippen molar-refractivity contribution < 1.29 is 4.79 Å². The Balaban J connectivity index is 1.56. The van der Waals surface area contributed by atoms with Crippen molar-refractivity contribution in [2.75, 3.05) is 5.32 Å². The lowest BCUT2D eigenvalue weighted by Gasteiger charge is -2.13. The van der Waals surface area contributed by atoms with Gasteiger partial charge in [0, 0.05) is 21.1 Å². The molecule has 0 unspecified atom stereocenters. The van der Waals surface area contributed by atoms with Crippen LogP contribution in [0.25, 0.3) is 10.8 Å². The number of benzene rings is 3. The Morgan fingerprint density at radius 1 is 1.00 bits per heavy atom. The lowest BCUT2D eigenvalue weighted by atomic mass is 10.0. The summed E-state index contributed by atoms with van der Waals surface area (Å²) in [5, 5.41) is 8.67. The number of halogens is 1. The molecule has 0 saturated heterocycles. The van der Waals surface area contributed by atoms with Crippen molar-refractivity contribution in [2.45, 2.75) is 12.8 Å². The van der Waals surface area contributed by atoms with Crippen LogP contribution in [-0.2, 0) is 12.8 Å². The molecule has 2 N–H and O–H groups in total. The van der Waals surface area contributed by atoms with Crippen molar-refractivity contribution in [1.29, 1.82) is 0 Å². The van der Waals surface area contributed by atoms with Gasteiger partial charge in [0.15, 0.2) is 5.11 Å². The Kier molecular flexibility index (Phi) is 4.27. The van der Waals surface area contributed by atoms with Crippen molar-refractivity contribution in [3.05, 3.63) is 75.8 Å². The van der Waals surface area contributed by atoms with Crippen molar-refractivity contribution in [2.24, 2.45) is 0 Å². The van der Waals surface area contributed by atoms with E-state index in [4.69, 9.17) is 12.2 Å². The minimum atomic E-state index is -0.232. The van der Waals surface area contributed by atoms with Gasteiger partial charge in [0.25, 0.3) is 5.91 Å². The van der Waals surface area contributed by atoms with E-state index in [2.05, 4.69) is 50.8 Å². The molecule has 0 saturated carbocycles. The lowest BCUT2D eigenvalue weighted by molar-refractivity contribution is 0.0977. The molecule has 25 heavy (non-hydrogen) atoms. The second kappa shape index (κ2) is 6.58. The third kappa shape index (κ3) is 3.17. The van der Waals surface area contributed by atoms with Crippen molar-refractivity contribution in [1.82, 2.24) is 5.32 Å². The second-order valence-corrected chi connectivity index (χ2v) is 7.35. The SMILES string of the molecule is O=C(NC(=S)Nc1ccc2c3c(cccc13)CC2)c1cccc(Br)c1. The number of amides is 1. The molecule has 4 rings (SSSR count). The van der Waals surface area contributed by atoms with Gasteiger partial charge >= 0.3 is 0 Å². The fraction of sp³-hybridized carbons (Fsp3) is 0.100. The maximum Gasteiger partial charge on any atom is 0.257 e. The number of thiocarbonyl (C=S) groups is 1. The lowest BCUT2D eigenvalue weighted by Crippen LogP contribution is -2.34. The average Bonchev–Trinajstić information content (AvgIpc) is 3.02. The Hall–Kier alpha value is -2.24. The second-order valence-electron chi connectivity index (χ2n) is 6.03. The first-order valence-corrected chi connectivity index (χ1v) is 9.23. The molecule has 3 aromatic carbocycles. The van der Waals surface area contributed by atoms with Crippen LogP contribution >= 0.6 is 28.1 Å². The molecule has 5 heteroatoms. The van der Waals surface area contributed by atoms with Crippen LogP contribution in [0, 0.1) is 0 Å². The summed E-state index contributed by atoms with van der Waals surface area (Å²) >= 11 is 8.70. The van der Waals surface area contributed by atoms with Gasteiger partial charge in [-0.3, -0.25) is 10.1 Å². The van der Waals surface area contributed by atoms with E-state index in [-0.39, 0.29) is 5.91 Å². The number of hydrogen-bond donors (Lipinski definition) is 2. The molecular weight excluding hydrogens is 396 g/mol. The van der Waals surface area contributed by atoms with E-state index in [9.17, 15) is 4.79 Å². The molecule has 0 bridgehead atoms. The van der Waals surface area contributed by atoms with Crippen LogP contribution in [0.1, 0.15) is 21.5 Å². The number of nitrogens with one attached hydrogen (secondary N) is 2. The highest BCUT2D eigenvalue weighted by molar-refractivity contribution is 9.10. The Morgan fingerprint density at radius 3 is 2.56 bits per heavy atom. The molecule has 1 aliphatic rings. The van der Waals surface area contributed by atoms with E-state index in [1.165, 1.54) is 16.5 Å². The summed E-state index contributed by atoms with van der Waals surface area (Å²) in [7, 11) is 0. The highest BCUT2D eigenvalue weighted by Crippen LogP contribution is 2.34. The molecule has 0 atom stereocenters. The number of hydrogen-bond acceptors (Lipinski definition) is 2. The Bertz CT molecular complexity index is 1010. The summed E-state index contributed by atoms with van der Waals surface area (Å²) in [6.07, 6.45) is 2.17. The molecule has 0 aliphatic heterocycles. The normalized spacial score (nSPS) is 12.2. The summed E-state index contributed by atoms with van der Waals surface area (Å²) in [4.78, 5) is 12.3. The minimum absolute atomic E-state index is 0.232. The molecule has 1 aliphatic carbocycles. The monoisotopic (exact) mass is 410 g/mol. The first kappa shape index (κ1) is 16.2. The van der Waals surface area contributed by atoms with Gasteiger partial charge in [0.05, 0.1) is 0 Å². The average molecular weight is 411 g/mol. The third-order valence-corrected chi connectivity index (χ3v) is 5.14. The largest absolute Gasteiger partial charge is 0.332 e. The molecule has 3 nitrogen and oxygen atoms in total. The number of carbonyl (C=O) groups is 1. The van der Waals surface area contributed by atoms with E-state index < -0.39 is 0 Å². The van der Waals surface area contributed by atoms with E-state index >= 15 is 0 Å². The number of anilines is 1. The summed E-state index contributed by atoms with van der Waals surface area (Å²) in [5.41, 5.74) is 4.22. The first-order valence-electron chi connectivity index (χ1n) is 8.03. The maximum absolute atomic E-state index is 12.3. The smallest absolute Gasteiger partial charge is 0.257 e. The molecule has 0 aromatic heterocycles. The number of rotatable bonds is 2. The molecule has 124 valence electrons. The van der Waals surface area contributed by atoms with Gasteiger partial charge in [0.2, 0.25) is 0 Å². The van der Waals surface area contributed by atoms with Gasteiger partial charge < -0.3 is 5.32 Å². The highest BCUT2D eigenvalue weighted by atomic mass is 79.9. The fourth-order valence-electron chi connectivity index (χ4n) is 3.31. The number of aryl methyl sites for hydroxylation is 2. The topological polar surface area (TPSA) is 41.1 Å². The minimum Gasteiger partial charge on any atom is -0.332 e. The van der Waals surface area contributed by atoms with E-state index in [0.717, 1.165) is 28.4 Å². The van der Waals surface area contributed by atoms with Crippen LogP contribution in [0.5, 0.6) is 0 Å². The summed E-state index contributed by atoms with van der Waals surface area (Å²) in [6.45, 7) is 0. The molecule has 1 amide bonds. The standard InChI is InChI=1S/C20H15BrN2OS/c21-15-5-1-4-14(11-15)19(24)23-20(25)22-17-10-9-13-8-7-12-3-2-6-16(17)18(12)13/h1-6,9-11H,7-8H2,(H2,22,23,24,25). The van der Waals surface area contributed by atoms with Crippen molar-refractivity contribution >= 4 is 55.6 Å². The zero-order valence-electron chi connectivity index (χ0n) is 13.3. The molecule has 0 heterocycles. The predicted molar refractivity (Wildman–Crippen MR) is 109 cm³/mol. The zero-order valence-corrected chi connectivity index (χ0v) is 15.7. The summed E-state index contributed by atoms with van der Waals surface area (Å²) in [5.74, 6) is -0.232. The van der Waals surface area contributed by atoms with Gasteiger partial charge in [-0.1, -0.05) is 46.3 Å². The van der Waals surface area contributed by atoms with Crippen LogP contribution < -0.4 is 10.6 Å². The molecule has 0 fully saturated rings. The molecule has 0 spiro atoms. The number of carbonyl (C=O) groups excluding carboxylic acids is 1. The fourth-order valence-corrected chi connectivity index (χ4v) is 3.92. The van der Waals surface area contributed by atoms with Crippen molar-refractivity contribution in [3.8, 4) is 0 Å². The van der Waals surface area contributed by atoms with Gasteiger partial charge in [0.1, 0.15) is 0 Å². The van der Waals surface area contributed by atoms with Crippen LogP contribution in [0.4, 0.5) is 5.69 Å². The predicted octanol–water partition coefficient (Wildman–Crippen LogP) is 4.83. The maximum atomic E-state index is 12.3. The van der Waals surface area contributed by atoms with Crippen LogP contribution in [-0.4, -0.2) is 11.0 Å². The molecular formula is C20H15BrN2OS. The van der Waals surface area contributed by atoms with Crippen LogP contribution in [0.2, 0.25) is 0 Å². The Labute approximate surface area is 159 Å². The third-order valence-electron chi connectivity index (χ3n) is 4.44. The van der Waals surface area contributed by atoms with Gasteiger partial charge in [-0.2, -0.15) is 0 Å². The molecule has 3 aromatic rings. The first-order chi connectivity index (χ1) is 12.1. The van der Waals surface area contributed by atoms with Crippen molar-refractivity contribution in [3.63, 3.8) is 0 Å².